The molecule has 66 valence electrons. The SMILES string of the molecule is Oc1ccc2cccc(O)c2n1.[AlH3]. The van der Waals surface area contributed by atoms with Crippen LogP contribution in [0.2, 0.25) is 0 Å². The second kappa shape index (κ2) is 3.65. The highest BCUT2D eigenvalue weighted by molar-refractivity contribution is 5.84. The second-order valence-electron chi connectivity index (χ2n) is 2.52. The van der Waals surface area contributed by atoms with Gasteiger partial charge >= 0.3 is 0 Å². The minimum absolute atomic E-state index is 0. The molecule has 0 saturated heterocycles. The summed E-state index contributed by atoms with van der Waals surface area (Å²) < 4.78 is 0. The predicted octanol–water partition coefficient (Wildman–Crippen LogP) is 0.462. The summed E-state index contributed by atoms with van der Waals surface area (Å²) in [6.45, 7) is 0. The second-order valence-corrected chi connectivity index (χ2v) is 2.52. The third kappa shape index (κ3) is 1.74. The number of benzene rings is 1. The Morgan fingerprint density at radius 3 is 2.54 bits per heavy atom. The van der Waals surface area contributed by atoms with E-state index in [1.165, 1.54) is 12.1 Å². The first-order valence-corrected chi connectivity index (χ1v) is 3.55. The molecular formula is C9H10AlNO2. The summed E-state index contributed by atoms with van der Waals surface area (Å²) in [4.78, 5) is 3.78. The van der Waals surface area contributed by atoms with Gasteiger partial charge in [0, 0.05) is 11.5 Å². The van der Waals surface area contributed by atoms with Crippen molar-refractivity contribution in [2.45, 2.75) is 0 Å². The number of aromatic nitrogens is 1. The average Bonchev–Trinajstić information content (AvgIpc) is 2.07. The number of rotatable bonds is 0. The molecule has 0 radical (unpaired) electrons. The Morgan fingerprint density at radius 1 is 1.00 bits per heavy atom. The number of hydrogen-bond donors (Lipinski definition) is 2. The molecule has 1 aromatic heterocycles. The molecule has 0 aliphatic carbocycles. The fourth-order valence-corrected chi connectivity index (χ4v) is 1.12. The third-order valence-electron chi connectivity index (χ3n) is 1.68. The van der Waals surface area contributed by atoms with Gasteiger partial charge in [-0.2, -0.15) is 0 Å². The van der Waals surface area contributed by atoms with Gasteiger partial charge in [-0.3, -0.25) is 0 Å². The summed E-state index contributed by atoms with van der Waals surface area (Å²) in [5.41, 5.74) is 0.428. The summed E-state index contributed by atoms with van der Waals surface area (Å²) in [7, 11) is 0. The van der Waals surface area contributed by atoms with E-state index in [2.05, 4.69) is 4.98 Å². The lowest BCUT2D eigenvalue weighted by Crippen LogP contribution is -1.78. The van der Waals surface area contributed by atoms with Crippen molar-refractivity contribution < 1.29 is 10.2 Å². The first-order chi connectivity index (χ1) is 5.77. The number of hydrogen-bond acceptors (Lipinski definition) is 3. The van der Waals surface area contributed by atoms with Crippen LogP contribution in [0.15, 0.2) is 30.3 Å². The first-order valence-electron chi connectivity index (χ1n) is 3.55. The molecule has 0 spiro atoms. The smallest absolute Gasteiger partial charge is 0.211 e. The van der Waals surface area contributed by atoms with Gasteiger partial charge in [0.1, 0.15) is 11.3 Å². The maximum absolute atomic E-state index is 9.32. The topological polar surface area (TPSA) is 53.4 Å². The van der Waals surface area contributed by atoms with E-state index in [-0.39, 0.29) is 29.0 Å². The molecule has 2 rings (SSSR count). The fraction of sp³-hybridized carbons (Fsp3) is 0. The normalized spacial score (nSPS) is 9.54. The van der Waals surface area contributed by atoms with Crippen molar-refractivity contribution in [2.24, 2.45) is 0 Å². The van der Waals surface area contributed by atoms with E-state index >= 15 is 0 Å². The van der Waals surface area contributed by atoms with Crippen molar-refractivity contribution in [3.63, 3.8) is 0 Å². The van der Waals surface area contributed by atoms with E-state index in [0.717, 1.165) is 5.39 Å². The van der Waals surface area contributed by atoms with Crippen molar-refractivity contribution in [1.82, 2.24) is 4.98 Å². The summed E-state index contributed by atoms with van der Waals surface area (Å²) in [5.74, 6) is 0.00685. The minimum Gasteiger partial charge on any atom is -0.506 e. The molecule has 0 unspecified atom stereocenters. The van der Waals surface area contributed by atoms with E-state index in [1.807, 2.05) is 6.07 Å². The number of para-hydroxylation sites is 1. The number of fused-ring (bicyclic) bond motifs is 1. The van der Waals surface area contributed by atoms with Crippen LogP contribution < -0.4 is 0 Å². The van der Waals surface area contributed by atoms with Crippen LogP contribution in [0.1, 0.15) is 0 Å². The monoisotopic (exact) mass is 191 g/mol. The number of phenols is 1. The number of phenolic OH excluding ortho intramolecular Hbond substituents is 1. The lowest BCUT2D eigenvalue weighted by molar-refractivity contribution is 0.451. The molecule has 0 aliphatic heterocycles. The van der Waals surface area contributed by atoms with Crippen LogP contribution in [-0.4, -0.2) is 32.6 Å². The summed E-state index contributed by atoms with van der Waals surface area (Å²) in [6, 6.07) is 8.28. The number of pyridine rings is 1. The summed E-state index contributed by atoms with van der Waals surface area (Å²) in [5, 5.41) is 19.2. The molecular weight excluding hydrogens is 181 g/mol. The molecule has 1 aromatic carbocycles. The zero-order chi connectivity index (χ0) is 8.55. The molecule has 2 N–H and O–H groups in total. The van der Waals surface area contributed by atoms with Crippen molar-refractivity contribution in [1.29, 1.82) is 0 Å². The zero-order valence-electron chi connectivity index (χ0n) is 6.23. The van der Waals surface area contributed by atoms with Gasteiger partial charge in [0.05, 0.1) is 0 Å². The Labute approximate surface area is 85.8 Å². The van der Waals surface area contributed by atoms with Gasteiger partial charge in [0.2, 0.25) is 5.88 Å². The van der Waals surface area contributed by atoms with Crippen molar-refractivity contribution in [3.8, 4) is 11.6 Å². The average molecular weight is 191 g/mol. The van der Waals surface area contributed by atoms with Gasteiger partial charge in [-0.15, -0.1) is 0 Å². The number of nitrogens with zero attached hydrogens (tertiary/aromatic N) is 1. The van der Waals surface area contributed by atoms with Crippen LogP contribution in [0.25, 0.3) is 10.9 Å². The van der Waals surface area contributed by atoms with Crippen LogP contribution in [0.4, 0.5) is 0 Å². The quantitative estimate of drug-likeness (QED) is 0.595. The molecule has 3 nitrogen and oxygen atoms in total. The molecule has 4 heteroatoms. The van der Waals surface area contributed by atoms with Gasteiger partial charge < -0.3 is 10.2 Å². The van der Waals surface area contributed by atoms with E-state index in [4.69, 9.17) is 5.11 Å². The Hall–Kier alpha value is -1.24. The lowest BCUT2D eigenvalue weighted by Gasteiger charge is -1.98. The Kier molecular flexibility index (Phi) is 2.77. The Morgan fingerprint density at radius 2 is 1.77 bits per heavy atom. The summed E-state index contributed by atoms with van der Waals surface area (Å²) >= 11 is 0. The largest absolute Gasteiger partial charge is 0.506 e. The molecule has 2 aromatic rings. The van der Waals surface area contributed by atoms with Crippen LogP contribution in [-0.2, 0) is 0 Å². The van der Waals surface area contributed by atoms with Crippen molar-refractivity contribution in [2.75, 3.05) is 0 Å². The van der Waals surface area contributed by atoms with Gasteiger partial charge in [-0.25, -0.2) is 4.98 Å². The van der Waals surface area contributed by atoms with E-state index in [1.54, 1.807) is 12.1 Å². The lowest BCUT2D eigenvalue weighted by atomic mass is 10.2. The standard InChI is InChI=1S/C9H7NO2.Al.3H/c11-7-3-1-2-6-4-5-8(12)10-9(6)7;;;;/h1-5,11H,(H,10,12);;;;. The van der Waals surface area contributed by atoms with Gasteiger partial charge in [0.15, 0.2) is 17.4 Å². The van der Waals surface area contributed by atoms with Gasteiger partial charge in [0.25, 0.3) is 0 Å². The highest BCUT2D eigenvalue weighted by atomic mass is 27.0. The highest BCUT2D eigenvalue weighted by Gasteiger charge is 2.00. The maximum Gasteiger partial charge on any atom is 0.211 e. The van der Waals surface area contributed by atoms with Crippen LogP contribution in [0.3, 0.4) is 0 Å². The predicted molar refractivity (Wildman–Crippen MR) is 55.0 cm³/mol. The van der Waals surface area contributed by atoms with Crippen LogP contribution in [0.5, 0.6) is 11.6 Å². The minimum atomic E-state index is -0.0796. The highest BCUT2D eigenvalue weighted by Crippen LogP contribution is 2.23. The van der Waals surface area contributed by atoms with Gasteiger partial charge in [-0.05, 0) is 12.1 Å². The van der Waals surface area contributed by atoms with E-state index in [9.17, 15) is 5.11 Å². The van der Waals surface area contributed by atoms with Gasteiger partial charge in [-0.1, -0.05) is 12.1 Å². The molecule has 0 fully saturated rings. The van der Waals surface area contributed by atoms with Crippen LogP contribution >= 0.6 is 0 Å². The first kappa shape index (κ1) is 9.85. The molecule has 1 heterocycles. The Bertz CT molecular complexity index is 431. The molecule has 13 heavy (non-hydrogen) atoms. The maximum atomic E-state index is 9.32. The van der Waals surface area contributed by atoms with Crippen molar-refractivity contribution >= 4 is 28.3 Å². The third-order valence-corrected chi connectivity index (χ3v) is 1.68. The molecule has 0 saturated carbocycles. The number of aromatic hydroxyl groups is 2. The van der Waals surface area contributed by atoms with Crippen LogP contribution in [0, 0.1) is 0 Å². The summed E-state index contributed by atoms with van der Waals surface area (Å²) in [6.07, 6.45) is 0. The van der Waals surface area contributed by atoms with E-state index < -0.39 is 0 Å². The van der Waals surface area contributed by atoms with E-state index in [0.29, 0.717) is 5.52 Å². The Balaban J connectivity index is 0.000000845. The fourth-order valence-electron chi connectivity index (χ4n) is 1.12. The molecule has 0 aliphatic rings. The molecule has 0 bridgehead atoms. The zero-order valence-corrected chi connectivity index (χ0v) is 6.23. The molecule has 0 amide bonds. The van der Waals surface area contributed by atoms with Crippen molar-refractivity contribution in [3.05, 3.63) is 30.3 Å². The molecule has 0 atom stereocenters.